The molecule has 90 valence electrons. The molecule has 0 aliphatic rings. The fourth-order valence-electron chi connectivity index (χ4n) is 1.69. The lowest BCUT2D eigenvalue weighted by Gasteiger charge is -2.06. The fraction of sp³-hybridized carbons (Fsp3) is 0.0833. The number of ether oxygens (including phenoxy) is 1. The normalized spacial score (nSPS) is 10.7. The molecule has 0 spiro atoms. The number of hydrogen-bond donors (Lipinski definition) is 2. The summed E-state index contributed by atoms with van der Waals surface area (Å²) in [5, 5.41) is 7.34. The number of aromatic amines is 1. The number of fused-ring (bicyclic) bond motifs is 1. The van der Waals surface area contributed by atoms with E-state index in [1.807, 2.05) is 31.2 Å². The molecule has 6 heteroatoms. The van der Waals surface area contributed by atoms with Crippen molar-refractivity contribution in [2.24, 2.45) is 0 Å². The van der Waals surface area contributed by atoms with Crippen molar-refractivity contribution in [2.45, 2.75) is 6.92 Å². The number of anilines is 1. The number of rotatable bonds is 2. The van der Waals surface area contributed by atoms with Gasteiger partial charge >= 0.3 is 0 Å². The molecule has 0 aliphatic heterocycles. The van der Waals surface area contributed by atoms with Crippen LogP contribution in [0.2, 0.25) is 0 Å². The van der Waals surface area contributed by atoms with E-state index in [1.165, 1.54) is 0 Å². The Morgan fingerprint density at radius 3 is 3.00 bits per heavy atom. The van der Waals surface area contributed by atoms with Crippen molar-refractivity contribution in [1.29, 1.82) is 0 Å². The quantitative estimate of drug-likeness (QED) is 0.716. The van der Waals surface area contributed by atoms with Gasteiger partial charge in [0.15, 0.2) is 5.65 Å². The number of aromatic nitrogens is 4. The van der Waals surface area contributed by atoms with Crippen LogP contribution >= 0.6 is 0 Å². The average molecular weight is 241 g/mol. The molecule has 2 heterocycles. The number of aryl methyl sites for hydroxylation is 1. The first-order valence-corrected chi connectivity index (χ1v) is 5.43. The Bertz CT molecular complexity index is 707. The molecule has 2 aromatic heterocycles. The summed E-state index contributed by atoms with van der Waals surface area (Å²) in [5.74, 6) is 1.25. The number of nitrogens with two attached hydrogens (primary N) is 1. The van der Waals surface area contributed by atoms with Gasteiger partial charge in [0, 0.05) is 0 Å². The van der Waals surface area contributed by atoms with Gasteiger partial charge in [-0.05, 0) is 24.6 Å². The molecule has 3 rings (SSSR count). The zero-order valence-electron chi connectivity index (χ0n) is 9.71. The second-order valence-electron chi connectivity index (χ2n) is 3.94. The molecule has 0 saturated heterocycles. The summed E-state index contributed by atoms with van der Waals surface area (Å²) in [6.07, 6.45) is 1.61. The number of H-pyrrole nitrogens is 1. The minimum absolute atomic E-state index is 0.148. The van der Waals surface area contributed by atoms with Crippen LogP contribution in [0.4, 0.5) is 5.95 Å². The SMILES string of the molecule is Cc1cccc(Oc2nc(N)nc3[nH]ncc23)c1. The first-order chi connectivity index (χ1) is 8.72. The molecule has 0 amide bonds. The molecule has 6 nitrogen and oxygen atoms in total. The lowest BCUT2D eigenvalue weighted by molar-refractivity contribution is 0.469. The summed E-state index contributed by atoms with van der Waals surface area (Å²) < 4.78 is 5.72. The van der Waals surface area contributed by atoms with Gasteiger partial charge in [-0.15, -0.1) is 0 Å². The largest absolute Gasteiger partial charge is 0.438 e. The van der Waals surface area contributed by atoms with E-state index in [9.17, 15) is 0 Å². The highest BCUT2D eigenvalue weighted by molar-refractivity contribution is 5.80. The Morgan fingerprint density at radius 1 is 1.28 bits per heavy atom. The lowest BCUT2D eigenvalue weighted by atomic mass is 10.2. The second-order valence-corrected chi connectivity index (χ2v) is 3.94. The Balaban J connectivity index is 2.06. The molecule has 1 aromatic carbocycles. The Labute approximate surface area is 103 Å². The van der Waals surface area contributed by atoms with Crippen LogP contribution in [0.15, 0.2) is 30.5 Å². The maximum Gasteiger partial charge on any atom is 0.235 e. The molecule has 0 atom stereocenters. The van der Waals surface area contributed by atoms with E-state index in [4.69, 9.17) is 10.5 Å². The number of benzene rings is 1. The van der Waals surface area contributed by atoms with Gasteiger partial charge < -0.3 is 10.5 Å². The molecule has 0 fully saturated rings. The summed E-state index contributed by atoms with van der Waals surface area (Å²) >= 11 is 0. The molecular weight excluding hydrogens is 230 g/mol. The van der Waals surface area contributed by atoms with E-state index >= 15 is 0 Å². The van der Waals surface area contributed by atoms with E-state index in [-0.39, 0.29) is 5.95 Å². The molecule has 0 bridgehead atoms. The van der Waals surface area contributed by atoms with Crippen LogP contribution in [-0.2, 0) is 0 Å². The van der Waals surface area contributed by atoms with E-state index in [0.717, 1.165) is 5.56 Å². The number of hydrogen-bond acceptors (Lipinski definition) is 5. The molecule has 3 N–H and O–H groups in total. The Kier molecular flexibility index (Phi) is 2.33. The van der Waals surface area contributed by atoms with Gasteiger partial charge in [0.25, 0.3) is 0 Å². The van der Waals surface area contributed by atoms with Gasteiger partial charge in [-0.2, -0.15) is 15.1 Å². The molecular formula is C12H11N5O. The average Bonchev–Trinajstić information content (AvgIpc) is 2.77. The monoisotopic (exact) mass is 241 g/mol. The molecule has 3 aromatic rings. The Morgan fingerprint density at radius 2 is 2.17 bits per heavy atom. The van der Waals surface area contributed by atoms with Crippen LogP contribution in [0, 0.1) is 6.92 Å². The third kappa shape index (κ3) is 1.84. The van der Waals surface area contributed by atoms with Gasteiger partial charge in [-0.3, -0.25) is 5.10 Å². The highest BCUT2D eigenvalue weighted by Gasteiger charge is 2.10. The van der Waals surface area contributed by atoms with Crippen molar-refractivity contribution < 1.29 is 4.74 Å². The van der Waals surface area contributed by atoms with Gasteiger partial charge in [0.1, 0.15) is 11.1 Å². The molecule has 0 radical (unpaired) electrons. The van der Waals surface area contributed by atoms with Crippen LogP contribution in [0.25, 0.3) is 11.0 Å². The fourth-order valence-corrected chi connectivity index (χ4v) is 1.69. The summed E-state index contributed by atoms with van der Waals surface area (Å²) in [7, 11) is 0. The lowest BCUT2D eigenvalue weighted by Crippen LogP contribution is -1.98. The van der Waals surface area contributed by atoms with Gasteiger partial charge in [0.05, 0.1) is 6.20 Å². The first kappa shape index (κ1) is 10.5. The van der Waals surface area contributed by atoms with Crippen molar-refractivity contribution in [3.8, 4) is 11.6 Å². The summed E-state index contributed by atoms with van der Waals surface area (Å²) in [6.45, 7) is 1.99. The van der Waals surface area contributed by atoms with E-state index < -0.39 is 0 Å². The van der Waals surface area contributed by atoms with Crippen LogP contribution in [0.1, 0.15) is 5.56 Å². The van der Waals surface area contributed by atoms with Crippen LogP contribution in [-0.4, -0.2) is 20.2 Å². The van der Waals surface area contributed by atoms with Crippen molar-refractivity contribution >= 4 is 17.0 Å². The predicted molar refractivity (Wildman–Crippen MR) is 67.3 cm³/mol. The van der Waals surface area contributed by atoms with Crippen LogP contribution in [0.3, 0.4) is 0 Å². The van der Waals surface area contributed by atoms with E-state index in [0.29, 0.717) is 22.7 Å². The predicted octanol–water partition coefficient (Wildman–Crippen LogP) is 2.04. The maximum absolute atomic E-state index is 5.72. The van der Waals surface area contributed by atoms with Crippen molar-refractivity contribution in [3.63, 3.8) is 0 Å². The smallest absolute Gasteiger partial charge is 0.235 e. The molecule has 0 unspecified atom stereocenters. The van der Waals surface area contributed by atoms with Gasteiger partial charge in [0.2, 0.25) is 11.8 Å². The molecule has 0 saturated carbocycles. The zero-order valence-corrected chi connectivity index (χ0v) is 9.71. The van der Waals surface area contributed by atoms with Crippen LogP contribution < -0.4 is 10.5 Å². The highest BCUT2D eigenvalue weighted by Crippen LogP contribution is 2.27. The van der Waals surface area contributed by atoms with Gasteiger partial charge in [-0.1, -0.05) is 12.1 Å². The third-order valence-corrected chi connectivity index (χ3v) is 2.50. The summed E-state index contributed by atoms with van der Waals surface area (Å²) in [6, 6.07) is 7.69. The third-order valence-electron chi connectivity index (χ3n) is 2.50. The van der Waals surface area contributed by atoms with Crippen molar-refractivity contribution in [2.75, 3.05) is 5.73 Å². The molecule has 0 aliphatic carbocycles. The Hall–Kier alpha value is -2.63. The maximum atomic E-state index is 5.72. The standard InChI is InChI=1S/C12H11N5O/c1-7-3-2-4-8(5-7)18-11-9-6-14-17-10(9)15-12(13)16-11/h2-6H,1H3,(H3,13,14,15,16,17). The second kappa shape index (κ2) is 3.99. The topological polar surface area (TPSA) is 89.7 Å². The highest BCUT2D eigenvalue weighted by atomic mass is 16.5. The van der Waals surface area contributed by atoms with E-state index in [2.05, 4.69) is 20.2 Å². The number of nitrogen functional groups attached to an aromatic ring is 1. The zero-order chi connectivity index (χ0) is 12.5. The number of nitrogens with one attached hydrogen (secondary N) is 1. The van der Waals surface area contributed by atoms with E-state index in [1.54, 1.807) is 6.20 Å². The van der Waals surface area contributed by atoms with Crippen LogP contribution in [0.5, 0.6) is 11.6 Å². The molecule has 18 heavy (non-hydrogen) atoms. The minimum atomic E-state index is 0.148. The first-order valence-electron chi connectivity index (χ1n) is 5.43. The number of nitrogens with zero attached hydrogens (tertiary/aromatic N) is 3. The van der Waals surface area contributed by atoms with Crippen molar-refractivity contribution in [3.05, 3.63) is 36.0 Å². The minimum Gasteiger partial charge on any atom is -0.438 e. The van der Waals surface area contributed by atoms with Gasteiger partial charge in [-0.25, -0.2) is 0 Å². The van der Waals surface area contributed by atoms with Crippen molar-refractivity contribution in [1.82, 2.24) is 20.2 Å². The summed E-state index contributed by atoms with van der Waals surface area (Å²) in [4.78, 5) is 8.11. The summed E-state index contributed by atoms with van der Waals surface area (Å²) in [5.41, 5.74) is 7.29.